The summed E-state index contributed by atoms with van der Waals surface area (Å²) in [6.45, 7) is 0. The number of halogens is 1. The molecule has 0 N–H and O–H groups in total. The summed E-state index contributed by atoms with van der Waals surface area (Å²) in [5, 5.41) is 0. The summed E-state index contributed by atoms with van der Waals surface area (Å²) in [6, 6.07) is 1.92. The number of rotatable bonds is 0. The maximum absolute atomic E-state index is 4.28. The topological polar surface area (TPSA) is 25.8 Å². The van der Waals surface area contributed by atoms with Crippen LogP contribution in [0, 0.1) is 3.01 Å². The molecule has 10 heavy (non-hydrogen) atoms. The van der Waals surface area contributed by atoms with Crippen LogP contribution >= 0.6 is 33.9 Å². The van der Waals surface area contributed by atoms with Crippen LogP contribution in [0.1, 0.15) is 0 Å². The highest BCUT2D eigenvalue weighted by Crippen LogP contribution is 2.21. The fourth-order valence-electron chi connectivity index (χ4n) is 0.752. The first-order valence-corrected chi connectivity index (χ1v) is 4.62. The van der Waals surface area contributed by atoms with Crippen LogP contribution in [0.15, 0.2) is 18.5 Å². The van der Waals surface area contributed by atoms with E-state index in [9.17, 15) is 0 Å². The van der Waals surface area contributed by atoms with E-state index < -0.39 is 0 Å². The Bertz CT molecular complexity index is 324. The van der Waals surface area contributed by atoms with E-state index in [1.807, 2.05) is 12.3 Å². The molecule has 0 amide bonds. The first kappa shape index (κ1) is 6.48. The average Bonchev–Trinajstić information content (AvgIpc) is 2.27. The Labute approximate surface area is 75.5 Å². The molecule has 2 aromatic heterocycles. The third-order valence-electron chi connectivity index (χ3n) is 1.17. The molecule has 0 bridgehead atoms. The molecule has 0 saturated heterocycles. The van der Waals surface area contributed by atoms with Gasteiger partial charge in [0.2, 0.25) is 0 Å². The minimum atomic E-state index is 1.05. The number of pyridine rings is 1. The number of nitrogens with zero attached hydrogens (tertiary/aromatic N) is 2. The molecule has 0 fully saturated rings. The lowest BCUT2D eigenvalue weighted by molar-refractivity contribution is 1.35. The zero-order valence-electron chi connectivity index (χ0n) is 4.91. The highest BCUT2D eigenvalue weighted by atomic mass is 127. The predicted molar refractivity (Wildman–Crippen MR) is 50.1 cm³/mol. The Morgan fingerprint density at radius 3 is 3.20 bits per heavy atom. The van der Waals surface area contributed by atoms with Crippen molar-refractivity contribution in [3.8, 4) is 0 Å². The van der Waals surface area contributed by atoms with E-state index in [1.54, 1.807) is 17.5 Å². The zero-order chi connectivity index (χ0) is 6.97. The van der Waals surface area contributed by atoms with Crippen LogP contribution in [-0.4, -0.2) is 9.97 Å². The average molecular weight is 262 g/mol. The van der Waals surface area contributed by atoms with Gasteiger partial charge in [-0.2, -0.15) is 0 Å². The summed E-state index contributed by atoms with van der Waals surface area (Å²) in [4.78, 5) is 8.27. The predicted octanol–water partition coefficient (Wildman–Crippen LogP) is 2.30. The maximum atomic E-state index is 4.28. The molecule has 0 saturated carbocycles. The minimum Gasteiger partial charge on any atom is -0.263 e. The van der Waals surface area contributed by atoms with Crippen molar-refractivity contribution in [3.63, 3.8) is 0 Å². The Kier molecular flexibility index (Phi) is 1.57. The van der Waals surface area contributed by atoms with Gasteiger partial charge in [0.1, 0.15) is 0 Å². The van der Waals surface area contributed by atoms with Gasteiger partial charge < -0.3 is 0 Å². The van der Waals surface area contributed by atoms with Gasteiger partial charge in [0.15, 0.2) is 3.01 Å². The van der Waals surface area contributed by atoms with Crippen molar-refractivity contribution >= 4 is 44.1 Å². The molecule has 2 aromatic rings. The van der Waals surface area contributed by atoms with Gasteiger partial charge in [-0.1, -0.05) is 0 Å². The smallest absolute Gasteiger partial charge is 0.155 e. The highest BCUT2D eigenvalue weighted by Gasteiger charge is 1.97. The van der Waals surface area contributed by atoms with Crippen molar-refractivity contribution in [1.82, 2.24) is 9.97 Å². The van der Waals surface area contributed by atoms with E-state index in [2.05, 4.69) is 32.6 Å². The zero-order valence-corrected chi connectivity index (χ0v) is 7.89. The van der Waals surface area contributed by atoms with Crippen molar-refractivity contribution in [2.75, 3.05) is 0 Å². The van der Waals surface area contributed by atoms with Crippen LogP contribution in [-0.2, 0) is 0 Å². The van der Waals surface area contributed by atoms with Crippen molar-refractivity contribution in [3.05, 3.63) is 21.5 Å². The molecule has 0 radical (unpaired) electrons. The van der Waals surface area contributed by atoms with Gasteiger partial charge in [-0.25, -0.2) is 4.98 Å². The second-order valence-electron chi connectivity index (χ2n) is 1.81. The molecule has 0 aliphatic heterocycles. The van der Waals surface area contributed by atoms with Gasteiger partial charge in [-0.3, -0.25) is 4.98 Å². The van der Waals surface area contributed by atoms with Gasteiger partial charge in [0, 0.05) is 12.4 Å². The van der Waals surface area contributed by atoms with Crippen molar-refractivity contribution in [2.24, 2.45) is 0 Å². The molecule has 0 aliphatic rings. The Hall–Kier alpha value is -0.230. The molecule has 0 unspecified atom stereocenters. The molecule has 0 spiro atoms. The van der Waals surface area contributed by atoms with Crippen LogP contribution in [0.25, 0.3) is 10.2 Å². The molecule has 2 nitrogen and oxygen atoms in total. The molecule has 2 rings (SSSR count). The van der Waals surface area contributed by atoms with Gasteiger partial charge in [-0.15, -0.1) is 11.3 Å². The van der Waals surface area contributed by atoms with Crippen LogP contribution in [0.5, 0.6) is 0 Å². The van der Waals surface area contributed by atoms with E-state index in [1.165, 1.54) is 0 Å². The Morgan fingerprint density at radius 1 is 1.50 bits per heavy atom. The molecule has 4 heteroatoms. The molecular weight excluding hydrogens is 259 g/mol. The number of fused-ring (bicyclic) bond motifs is 1. The first-order chi connectivity index (χ1) is 4.86. The van der Waals surface area contributed by atoms with Crippen LogP contribution in [0.4, 0.5) is 0 Å². The highest BCUT2D eigenvalue weighted by molar-refractivity contribution is 14.1. The minimum absolute atomic E-state index is 1.05. The second kappa shape index (κ2) is 2.43. The van der Waals surface area contributed by atoms with Crippen LogP contribution in [0.2, 0.25) is 0 Å². The Morgan fingerprint density at radius 2 is 2.40 bits per heavy atom. The van der Waals surface area contributed by atoms with Gasteiger partial charge in [0.25, 0.3) is 0 Å². The molecular formula is C6H3IN2S. The molecule has 0 atom stereocenters. The lowest BCUT2D eigenvalue weighted by atomic mass is 10.5. The standard InChI is InChI=1S/C6H3IN2S/c7-6-9-4-1-2-8-3-5(4)10-6/h1-3H. The number of hydrogen-bond acceptors (Lipinski definition) is 3. The molecule has 2 heterocycles. The number of thiazole rings is 1. The van der Waals surface area contributed by atoms with Gasteiger partial charge in [0.05, 0.1) is 10.2 Å². The molecule has 0 aliphatic carbocycles. The van der Waals surface area contributed by atoms with Crippen molar-refractivity contribution < 1.29 is 0 Å². The van der Waals surface area contributed by atoms with Crippen LogP contribution in [0.3, 0.4) is 0 Å². The summed E-state index contributed by atoms with van der Waals surface area (Å²) >= 11 is 3.88. The third-order valence-corrected chi connectivity index (χ3v) is 2.86. The lowest BCUT2D eigenvalue weighted by Crippen LogP contribution is -1.68. The third kappa shape index (κ3) is 1.01. The van der Waals surface area contributed by atoms with E-state index >= 15 is 0 Å². The van der Waals surface area contributed by atoms with Crippen LogP contribution < -0.4 is 0 Å². The number of aromatic nitrogens is 2. The van der Waals surface area contributed by atoms with E-state index in [0.717, 1.165) is 13.2 Å². The SMILES string of the molecule is Ic1nc2ccncc2s1. The number of hydrogen-bond donors (Lipinski definition) is 0. The summed E-state index contributed by atoms with van der Waals surface area (Å²) < 4.78 is 2.23. The normalized spacial score (nSPS) is 10.5. The van der Waals surface area contributed by atoms with Crippen molar-refractivity contribution in [1.29, 1.82) is 0 Å². The maximum Gasteiger partial charge on any atom is 0.155 e. The van der Waals surface area contributed by atoms with E-state index in [4.69, 9.17) is 0 Å². The molecule has 0 aromatic carbocycles. The summed E-state index contributed by atoms with van der Waals surface area (Å²) in [5.74, 6) is 0. The van der Waals surface area contributed by atoms with E-state index in [-0.39, 0.29) is 0 Å². The largest absolute Gasteiger partial charge is 0.263 e. The quantitative estimate of drug-likeness (QED) is 0.681. The van der Waals surface area contributed by atoms with Crippen molar-refractivity contribution in [2.45, 2.75) is 0 Å². The van der Waals surface area contributed by atoms with Gasteiger partial charge in [-0.05, 0) is 28.7 Å². The monoisotopic (exact) mass is 262 g/mol. The second-order valence-corrected chi connectivity index (χ2v) is 4.59. The van der Waals surface area contributed by atoms with Gasteiger partial charge >= 0.3 is 0 Å². The Balaban J connectivity index is 2.88. The fourth-order valence-corrected chi connectivity index (χ4v) is 2.38. The lowest BCUT2D eigenvalue weighted by Gasteiger charge is -1.79. The van der Waals surface area contributed by atoms with E-state index in [0.29, 0.717) is 0 Å². The molecule has 50 valence electrons. The summed E-state index contributed by atoms with van der Waals surface area (Å²) in [7, 11) is 0. The summed E-state index contributed by atoms with van der Waals surface area (Å²) in [6.07, 6.45) is 3.60. The fraction of sp³-hybridized carbons (Fsp3) is 0. The summed E-state index contributed by atoms with van der Waals surface area (Å²) in [5.41, 5.74) is 1.05. The first-order valence-electron chi connectivity index (χ1n) is 2.72.